The molecule has 3 aromatic rings. The lowest BCUT2D eigenvalue weighted by Crippen LogP contribution is -2.47. The molecule has 1 aliphatic rings. The third-order valence-corrected chi connectivity index (χ3v) is 5.83. The van der Waals surface area contributed by atoms with Crippen LogP contribution in [0, 0.1) is 17.1 Å². The summed E-state index contributed by atoms with van der Waals surface area (Å²) in [5, 5.41) is 18.4. The van der Waals surface area contributed by atoms with Gasteiger partial charge in [0.1, 0.15) is 18.2 Å². The molecule has 1 saturated heterocycles. The predicted molar refractivity (Wildman–Crippen MR) is 150 cm³/mol. The summed E-state index contributed by atoms with van der Waals surface area (Å²) in [6.45, 7) is 9.39. The summed E-state index contributed by atoms with van der Waals surface area (Å²) in [5.41, 5.74) is 3.00. The first-order chi connectivity index (χ1) is 18.0. The van der Waals surface area contributed by atoms with Gasteiger partial charge in [-0.3, -0.25) is 4.90 Å². The van der Waals surface area contributed by atoms with Gasteiger partial charge in [-0.15, -0.1) is 0 Å². The third-order valence-electron chi connectivity index (χ3n) is 5.52. The number of benzene rings is 3. The SMILES string of the molecule is CCC.Fc1ccccc1.N#Cc1ccc(CCN2CCN(c3ccc(OCCO)cc3Cl)CC2)cc1. The van der Waals surface area contributed by atoms with Crippen molar-refractivity contribution in [1.29, 1.82) is 5.26 Å². The number of nitrogens with zero attached hydrogens (tertiary/aromatic N) is 3. The molecule has 1 aliphatic heterocycles. The lowest BCUT2D eigenvalue weighted by Gasteiger charge is -2.36. The van der Waals surface area contributed by atoms with Crippen LogP contribution in [0.4, 0.5) is 10.1 Å². The number of nitriles is 1. The summed E-state index contributed by atoms with van der Waals surface area (Å²) in [5.74, 6) is 0.501. The Morgan fingerprint density at radius 3 is 2.14 bits per heavy atom. The van der Waals surface area contributed by atoms with E-state index in [4.69, 9.17) is 26.7 Å². The van der Waals surface area contributed by atoms with Gasteiger partial charge in [-0.2, -0.15) is 5.26 Å². The zero-order valence-corrected chi connectivity index (χ0v) is 22.5. The minimum absolute atomic E-state index is 0.0101. The van der Waals surface area contributed by atoms with Crippen LogP contribution in [0.3, 0.4) is 0 Å². The highest BCUT2D eigenvalue weighted by molar-refractivity contribution is 6.33. The number of rotatable bonds is 7. The number of piperazine rings is 1. The Kier molecular flexibility index (Phi) is 14.1. The van der Waals surface area contributed by atoms with E-state index in [1.165, 1.54) is 24.1 Å². The molecule has 0 aromatic heterocycles. The minimum atomic E-state index is -0.178. The van der Waals surface area contributed by atoms with Crippen LogP contribution in [0.1, 0.15) is 31.4 Å². The van der Waals surface area contributed by atoms with Crippen molar-refractivity contribution in [2.45, 2.75) is 26.7 Å². The summed E-state index contributed by atoms with van der Waals surface area (Å²) < 4.78 is 17.3. The average molecular weight is 526 g/mol. The standard InChI is InChI=1S/C21H24ClN3O2.C6H5F.C3H8/c22-20-15-19(27-14-13-26)5-6-21(20)25-11-9-24(10-12-25)8-7-17-1-3-18(16-23)4-2-17;7-6-4-2-1-3-5-6;1-3-2/h1-6,15,26H,7-14H2;1-5H;3H2,1-2H3. The number of halogens is 2. The van der Waals surface area contributed by atoms with Crippen LogP contribution < -0.4 is 9.64 Å². The topological polar surface area (TPSA) is 59.7 Å². The Morgan fingerprint density at radius 2 is 1.62 bits per heavy atom. The molecule has 0 bridgehead atoms. The average Bonchev–Trinajstić information content (AvgIpc) is 2.93. The van der Waals surface area contributed by atoms with E-state index >= 15 is 0 Å². The van der Waals surface area contributed by atoms with Crippen LogP contribution in [0.2, 0.25) is 5.02 Å². The van der Waals surface area contributed by atoms with Crippen LogP contribution in [0.5, 0.6) is 5.75 Å². The fourth-order valence-corrected chi connectivity index (χ4v) is 3.95. The zero-order valence-electron chi connectivity index (χ0n) is 21.7. The summed E-state index contributed by atoms with van der Waals surface area (Å²) in [4.78, 5) is 4.76. The molecule has 0 spiro atoms. The molecule has 0 atom stereocenters. The first-order valence-electron chi connectivity index (χ1n) is 12.7. The molecule has 0 unspecified atom stereocenters. The number of anilines is 1. The lowest BCUT2D eigenvalue weighted by atomic mass is 10.1. The zero-order chi connectivity index (χ0) is 26.9. The van der Waals surface area contributed by atoms with Crippen molar-refractivity contribution < 1.29 is 14.2 Å². The van der Waals surface area contributed by atoms with Crippen LogP contribution in [0.25, 0.3) is 0 Å². The van der Waals surface area contributed by atoms with Gasteiger partial charge in [0.15, 0.2) is 0 Å². The number of aliphatic hydroxyl groups excluding tert-OH is 1. The number of hydrogen-bond donors (Lipinski definition) is 1. The molecule has 1 heterocycles. The van der Waals surface area contributed by atoms with E-state index in [0.717, 1.165) is 44.8 Å². The van der Waals surface area contributed by atoms with E-state index < -0.39 is 0 Å². The molecule has 4 rings (SSSR count). The summed E-state index contributed by atoms with van der Waals surface area (Å²) in [6.07, 6.45) is 2.24. The third kappa shape index (κ3) is 11.2. The molecule has 5 nitrogen and oxygen atoms in total. The maximum Gasteiger partial charge on any atom is 0.123 e. The molecular weight excluding hydrogens is 489 g/mol. The molecule has 0 amide bonds. The van der Waals surface area contributed by atoms with Crippen molar-refractivity contribution in [2.24, 2.45) is 0 Å². The first-order valence-corrected chi connectivity index (χ1v) is 13.1. The van der Waals surface area contributed by atoms with Gasteiger partial charge in [-0.25, -0.2) is 4.39 Å². The largest absolute Gasteiger partial charge is 0.491 e. The molecule has 0 radical (unpaired) electrons. The second-order valence-electron chi connectivity index (χ2n) is 8.58. The highest BCUT2D eigenvalue weighted by Gasteiger charge is 2.19. The van der Waals surface area contributed by atoms with E-state index in [9.17, 15) is 4.39 Å². The van der Waals surface area contributed by atoms with Crippen LogP contribution in [-0.4, -0.2) is 55.9 Å². The number of aliphatic hydroxyl groups is 1. The normalized spacial score (nSPS) is 12.9. The van der Waals surface area contributed by atoms with Crippen LogP contribution in [-0.2, 0) is 6.42 Å². The molecule has 0 saturated carbocycles. The van der Waals surface area contributed by atoms with Crippen molar-refractivity contribution in [3.05, 3.63) is 94.8 Å². The summed E-state index contributed by atoms with van der Waals surface area (Å²) in [6, 6.07) is 23.6. The molecular formula is C30H37ClFN3O2. The smallest absolute Gasteiger partial charge is 0.123 e. The molecule has 3 aromatic carbocycles. The van der Waals surface area contributed by atoms with Gasteiger partial charge in [0.2, 0.25) is 0 Å². The van der Waals surface area contributed by atoms with E-state index in [2.05, 4.69) is 29.7 Å². The maximum atomic E-state index is 11.9. The minimum Gasteiger partial charge on any atom is -0.491 e. The van der Waals surface area contributed by atoms with Gasteiger partial charge in [-0.1, -0.05) is 62.2 Å². The maximum absolute atomic E-state index is 11.9. The van der Waals surface area contributed by atoms with Gasteiger partial charge in [0, 0.05) is 38.8 Å². The van der Waals surface area contributed by atoms with E-state index in [0.29, 0.717) is 16.3 Å². The monoisotopic (exact) mass is 525 g/mol. The fraction of sp³-hybridized carbons (Fsp3) is 0.367. The Labute approximate surface area is 225 Å². The van der Waals surface area contributed by atoms with Gasteiger partial charge in [-0.05, 0) is 48.4 Å². The summed E-state index contributed by atoms with van der Waals surface area (Å²) in [7, 11) is 0. The molecule has 1 fully saturated rings. The molecule has 1 N–H and O–H groups in total. The Morgan fingerprint density at radius 1 is 0.973 bits per heavy atom. The van der Waals surface area contributed by atoms with E-state index in [1.54, 1.807) is 18.2 Å². The Hall–Kier alpha value is -3.11. The van der Waals surface area contributed by atoms with Crippen molar-refractivity contribution >= 4 is 17.3 Å². The van der Waals surface area contributed by atoms with Crippen LogP contribution >= 0.6 is 11.6 Å². The molecule has 198 valence electrons. The second-order valence-corrected chi connectivity index (χ2v) is 8.98. The fourth-order valence-electron chi connectivity index (χ4n) is 3.66. The van der Waals surface area contributed by atoms with Gasteiger partial charge < -0.3 is 14.7 Å². The molecule has 37 heavy (non-hydrogen) atoms. The quantitative estimate of drug-likeness (QED) is 0.398. The predicted octanol–water partition coefficient (Wildman–Crippen LogP) is 6.19. The van der Waals surface area contributed by atoms with E-state index in [1.807, 2.05) is 42.5 Å². The Bertz CT molecular complexity index is 1070. The summed E-state index contributed by atoms with van der Waals surface area (Å²) >= 11 is 6.42. The number of ether oxygens (including phenoxy) is 1. The van der Waals surface area contributed by atoms with Crippen LogP contribution in [0.15, 0.2) is 72.8 Å². The van der Waals surface area contributed by atoms with Gasteiger partial charge in [0.05, 0.1) is 28.9 Å². The van der Waals surface area contributed by atoms with Crippen molar-refractivity contribution in [1.82, 2.24) is 4.90 Å². The molecule has 7 heteroatoms. The van der Waals surface area contributed by atoms with Gasteiger partial charge >= 0.3 is 0 Å². The Balaban J connectivity index is 0.000000404. The van der Waals surface area contributed by atoms with Crippen molar-refractivity contribution in [3.8, 4) is 11.8 Å². The highest BCUT2D eigenvalue weighted by Crippen LogP contribution is 2.30. The van der Waals surface area contributed by atoms with Crippen molar-refractivity contribution in [3.63, 3.8) is 0 Å². The highest BCUT2D eigenvalue weighted by atomic mass is 35.5. The number of hydrogen-bond acceptors (Lipinski definition) is 5. The lowest BCUT2D eigenvalue weighted by molar-refractivity contribution is 0.201. The molecule has 0 aliphatic carbocycles. The second kappa shape index (κ2) is 17.4. The first kappa shape index (κ1) is 30.1. The van der Waals surface area contributed by atoms with Crippen molar-refractivity contribution in [2.75, 3.05) is 50.8 Å². The van der Waals surface area contributed by atoms with E-state index in [-0.39, 0.29) is 19.0 Å². The van der Waals surface area contributed by atoms with Gasteiger partial charge in [0.25, 0.3) is 0 Å².